The van der Waals surface area contributed by atoms with Crippen molar-refractivity contribution < 1.29 is 28.2 Å². The molecular weight excluding hydrogens is 329 g/mol. The van der Waals surface area contributed by atoms with Crippen LogP contribution in [0.2, 0.25) is 0 Å². The molecule has 2 rings (SSSR count). The van der Waals surface area contributed by atoms with E-state index in [1.807, 2.05) is 0 Å². The summed E-state index contributed by atoms with van der Waals surface area (Å²) in [5, 5.41) is 3.88. The van der Waals surface area contributed by atoms with Crippen LogP contribution in [0, 0.1) is 5.82 Å². The fraction of sp³-hybridized carbons (Fsp3) is 0.278. The molecule has 0 aliphatic heterocycles. The topological polar surface area (TPSA) is 58.5 Å². The van der Waals surface area contributed by atoms with Crippen molar-refractivity contribution in [2.45, 2.75) is 6.61 Å². The predicted octanol–water partition coefficient (Wildman–Crippen LogP) is 3.41. The Hall–Kier alpha value is -2.96. The maximum atomic E-state index is 13.6. The normalized spacial score (nSPS) is 10.6. The number of ether oxygens (including phenoxy) is 4. The summed E-state index contributed by atoms with van der Waals surface area (Å²) in [7, 11) is 6.02. The van der Waals surface area contributed by atoms with Crippen molar-refractivity contribution in [2.75, 3.05) is 28.4 Å². The van der Waals surface area contributed by atoms with Gasteiger partial charge in [-0.05, 0) is 29.8 Å². The lowest BCUT2D eigenvalue weighted by atomic mass is 10.2. The van der Waals surface area contributed by atoms with Gasteiger partial charge < -0.3 is 23.8 Å². The molecule has 0 aromatic heterocycles. The summed E-state index contributed by atoms with van der Waals surface area (Å²) < 4.78 is 34.3. The molecule has 0 atom stereocenters. The van der Waals surface area contributed by atoms with Crippen LogP contribution >= 0.6 is 0 Å². The summed E-state index contributed by atoms with van der Waals surface area (Å²) in [5.74, 6) is 1.26. The lowest BCUT2D eigenvalue weighted by molar-refractivity contribution is 0.132. The summed E-state index contributed by atoms with van der Waals surface area (Å²) >= 11 is 0. The highest BCUT2D eigenvalue weighted by atomic mass is 19.1. The third-order valence-electron chi connectivity index (χ3n) is 3.41. The molecule has 0 N–H and O–H groups in total. The number of methoxy groups -OCH3 is 4. The van der Waals surface area contributed by atoms with Gasteiger partial charge in [-0.2, -0.15) is 0 Å². The number of hydrogen-bond acceptors (Lipinski definition) is 6. The van der Waals surface area contributed by atoms with Crippen molar-refractivity contribution in [2.24, 2.45) is 5.16 Å². The number of benzene rings is 2. The van der Waals surface area contributed by atoms with E-state index in [0.29, 0.717) is 28.4 Å². The van der Waals surface area contributed by atoms with E-state index in [9.17, 15) is 4.39 Å². The second kappa shape index (κ2) is 8.77. The van der Waals surface area contributed by atoms with Crippen LogP contribution < -0.4 is 18.9 Å². The largest absolute Gasteiger partial charge is 0.494 e. The Labute approximate surface area is 145 Å². The van der Waals surface area contributed by atoms with Crippen molar-refractivity contribution in [1.82, 2.24) is 0 Å². The summed E-state index contributed by atoms with van der Waals surface area (Å²) in [6.07, 6.45) is 1.50. The van der Waals surface area contributed by atoms with Gasteiger partial charge in [0.05, 0.1) is 34.7 Å². The molecule has 0 aliphatic carbocycles. The third-order valence-corrected chi connectivity index (χ3v) is 3.41. The second-order valence-electron chi connectivity index (χ2n) is 4.94. The highest BCUT2D eigenvalue weighted by molar-refractivity contribution is 5.82. The minimum absolute atomic E-state index is 0.127. The van der Waals surface area contributed by atoms with E-state index >= 15 is 0 Å². The second-order valence-corrected chi connectivity index (χ2v) is 4.94. The molecule has 0 spiro atoms. The smallest absolute Gasteiger partial charge is 0.203 e. The Kier molecular flexibility index (Phi) is 6.45. The SMILES string of the molecule is COc1ccc(CO/N=C/c2cc(OC)c(OC)c(OC)c2)cc1F. The lowest BCUT2D eigenvalue weighted by Crippen LogP contribution is -1.97. The summed E-state index contributed by atoms with van der Waals surface area (Å²) in [6.45, 7) is 0.127. The molecule has 2 aromatic rings. The Balaban J connectivity index is 2.05. The van der Waals surface area contributed by atoms with Gasteiger partial charge in [-0.3, -0.25) is 0 Å². The van der Waals surface area contributed by atoms with Crippen LogP contribution in [0.3, 0.4) is 0 Å². The summed E-state index contributed by atoms with van der Waals surface area (Å²) in [6, 6.07) is 8.06. The molecule has 0 unspecified atom stereocenters. The van der Waals surface area contributed by atoms with Gasteiger partial charge >= 0.3 is 0 Å². The zero-order valence-electron chi connectivity index (χ0n) is 14.5. The van der Waals surface area contributed by atoms with Gasteiger partial charge in [0.1, 0.15) is 6.61 Å². The predicted molar refractivity (Wildman–Crippen MR) is 91.4 cm³/mol. The number of nitrogens with zero attached hydrogens (tertiary/aromatic N) is 1. The van der Waals surface area contributed by atoms with Gasteiger partial charge in [-0.15, -0.1) is 0 Å². The van der Waals surface area contributed by atoms with Crippen molar-refractivity contribution in [3.63, 3.8) is 0 Å². The Bertz CT molecular complexity index is 723. The first kappa shape index (κ1) is 18.4. The number of hydrogen-bond donors (Lipinski definition) is 0. The molecule has 0 fully saturated rings. The van der Waals surface area contributed by atoms with Crippen LogP contribution in [0.5, 0.6) is 23.0 Å². The average Bonchev–Trinajstić information content (AvgIpc) is 2.64. The van der Waals surface area contributed by atoms with Crippen LogP contribution in [0.4, 0.5) is 4.39 Å². The van der Waals surface area contributed by atoms with Crippen molar-refractivity contribution in [3.8, 4) is 23.0 Å². The van der Waals surface area contributed by atoms with Crippen LogP contribution in [0.25, 0.3) is 0 Å². The van der Waals surface area contributed by atoms with Crippen LogP contribution in [0.15, 0.2) is 35.5 Å². The van der Waals surface area contributed by atoms with E-state index in [2.05, 4.69) is 5.16 Å². The highest BCUT2D eigenvalue weighted by Gasteiger charge is 2.12. The molecular formula is C18H20FNO5. The minimum atomic E-state index is -0.447. The van der Waals surface area contributed by atoms with Gasteiger partial charge in [0.2, 0.25) is 5.75 Å². The zero-order chi connectivity index (χ0) is 18.2. The van der Waals surface area contributed by atoms with Gasteiger partial charge in [0, 0.05) is 5.56 Å². The molecule has 0 amide bonds. The van der Waals surface area contributed by atoms with Crippen LogP contribution in [-0.2, 0) is 11.4 Å². The first-order chi connectivity index (χ1) is 12.1. The molecule has 0 bridgehead atoms. The maximum Gasteiger partial charge on any atom is 0.203 e. The first-order valence-electron chi connectivity index (χ1n) is 7.40. The lowest BCUT2D eigenvalue weighted by Gasteiger charge is -2.12. The fourth-order valence-electron chi connectivity index (χ4n) is 2.19. The molecule has 0 radical (unpaired) electrons. The molecule has 0 saturated carbocycles. The van der Waals surface area contributed by atoms with E-state index in [0.717, 1.165) is 0 Å². The Morgan fingerprint density at radius 1 is 0.880 bits per heavy atom. The van der Waals surface area contributed by atoms with Crippen molar-refractivity contribution in [1.29, 1.82) is 0 Å². The van der Waals surface area contributed by atoms with Gasteiger partial charge in [0.15, 0.2) is 23.1 Å². The molecule has 0 aliphatic rings. The molecule has 7 heteroatoms. The first-order valence-corrected chi connectivity index (χ1v) is 7.40. The monoisotopic (exact) mass is 349 g/mol. The van der Waals surface area contributed by atoms with Crippen molar-refractivity contribution >= 4 is 6.21 Å². The van der Waals surface area contributed by atoms with Gasteiger partial charge in [-0.1, -0.05) is 11.2 Å². The van der Waals surface area contributed by atoms with E-state index in [1.165, 1.54) is 46.8 Å². The third kappa shape index (κ3) is 4.53. The number of rotatable bonds is 8. The number of oxime groups is 1. The van der Waals surface area contributed by atoms with E-state index in [1.54, 1.807) is 18.2 Å². The molecule has 25 heavy (non-hydrogen) atoms. The molecule has 134 valence electrons. The van der Waals surface area contributed by atoms with Gasteiger partial charge in [0.25, 0.3) is 0 Å². The minimum Gasteiger partial charge on any atom is -0.494 e. The maximum absolute atomic E-state index is 13.6. The molecule has 6 nitrogen and oxygen atoms in total. The Morgan fingerprint density at radius 2 is 1.52 bits per heavy atom. The fourth-order valence-corrected chi connectivity index (χ4v) is 2.19. The standard InChI is InChI=1S/C18H20FNO5/c1-21-15-6-5-12(7-14(15)19)11-25-20-10-13-8-16(22-2)18(24-4)17(9-13)23-3/h5-10H,11H2,1-4H3/b20-10+. The quantitative estimate of drug-likeness (QED) is 0.540. The van der Waals surface area contributed by atoms with E-state index < -0.39 is 5.82 Å². The zero-order valence-corrected chi connectivity index (χ0v) is 14.5. The Morgan fingerprint density at radius 3 is 2.04 bits per heavy atom. The average molecular weight is 349 g/mol. The number of halogens is 1. The molecule has 0 saturated heterocycles. The van der Waals surface area contributed by atoms with Crippen LogP contribution in [-0.4, -0.2) is 34.7 Å². The van der Waals surface area contributed by atoms with Crippen molar-refractivity contribution in [3.05, 3.63) is 47.3 Å². The van der Waals surface area contributed by atoms with Gasteiger partial charge in [-0.25, -0.2) is 4.39 Å². The molecule has 0 heterocycles. The summed E-state index contributed by atoms with van der Waals surface area (Å²) in [4.78, 5) is 5.20. The van der Waals surface area contributed by atoms with E-state index in [4.69, 9.17) is 23.8 Å². The van der Waals surface area contributed by atoms with Crippen LogP contribution in [0.1, 0.15) is 11.1 Å². The highest BCUT2D eigenvalue weighted by Crippen LogP contribution is 2.37. The van der Waals surface area contributed by atoms with E-state index in [-0.39, 0.29) is 12.4 Å². The summed E-state index contributed by atoms with van der Waals surface area (Å²) in [5.41, 5.74) is 1.34. The molecule has 2 aromatic carbocycles.